The van der Waals surface area contributed by atoms with E-state index in [0.717, 1.165) is 25.7 Å². The quantitative estimate of drug-likeness (QED) is 0.601. The second-order valence-electron chi connectivity index (χ2n) is 5.70. The van der Waals surface area contributed by atoms with Crippen molar-refractivity contribution in [2.45, 2.75) is 58.0 Å². The predicted octanol–water partition coefficient (Wildman–Crippen LogP) is 1.44. The van der Waals surface area contributed by atoms with Gasteiger partial charge in [0.25, 0.3) is 0 Å². The van der Waals surface area contributed by atoms with E-state index < -0.39 is 5.54 Å². The molecule has 1 rings (SSSR count). The van der Waals surface area contributed by atoms with Gasteiger partial charge in [0.05, 0.1) is 6.61 Å². The lowest BCUT2D eigenvalue weighted by Gasteiger charge is -2.27. The van der Waals surface area contributed by atoms with E-state index in [1.807, 2.05) is 6.92 Å². The molecule has 1 saturated carbocycles. The number of rotatable bonds is 9. The van der Waals surface area contributed by atoms with E-state index in [2.05, 4.69) is 19.2 Å². The molecule has 0 radical (unpaired) electrons. The average Bonchev–Trinajstić information content (AvgIpc) is 3.00. The molecular formula is C13H26N2O2. The van der Waals surface area contributed by atoms with Crippen molar-refractivity contribution in [2.75, 3.05) is 13.2 Å². The Labute approximate surface area is 104 Å². The van der Waals surface area contributed by atoms with Crippen LogP contribution in [-0.4, -0.2) is 30.7 Å². The molecule has 4 heteroatoms. The van der Waals surface area contributed by atoms with Gasteiger partial charge >= 0.3 is 0 Å². The van der Waals surface area contributed by atoms with E-state index in [1.54, 1.807) is 0 Å². The topological polar surface area (TPSA) is 64.3 Å². The van der Waals surface area contributed by atoms with Crippen molar-refractivity contribution < 1.29 is 9.53 Å². The van der Waals surface area contributed by atoms with Gasteiger partial charge in [-0.3, -0.25) is 10.1 Å². The van der Waals surface area contributed by atoms with Crippen molar-refractivity contribution in [3.63, 3.8) is 0 Å². The van der Waals surface area contributed by atoms with Gasteiger partial charge in [-0.1, -0.05) is 13.8 Å². The standard InChI is InChI=1S/C13H26N2O2/c1-10(2)5-4-8-17-9-13(3,12(14)16)15-11-6-7-11/h10-11,15H,4-9H2,1-3H3,(H2,14,16). The lowest BCUT2D eigenvalue weighted by molar-refractivity contribution is -0.126. The molecule has 0 spiro atoms. The number of nitrogens with one attached hydrogen (secondary N) is 1. The highest BCUT2D eigenvalue weighted by atomic mass is 16.5. The highest BCUT2D eigenvalue weighted by molar-refractivity contribution is 5.84. The fraction of sp³-hybridized carbons (Fsp3) is 0.923. The Balaban J connectivity index is 2.21. The zero-order valence-corrected chi connectivity index (χ0v) is 11.3. The Kier molecular flexibility index (Phi) is 5.40. The van der Waals surface area contributed by atoms with Crippen LogP contribution in [0.3, 0.4) is 0 Å². The molecule has 1 aliphatic rings. The Morgan fingerprint density at radius 2 is 2.18 bits per heavy atom. The van der Waals surface area contributed by atoms with Gasteiger partial charge in [-0.2, -0.15) is 0 Å². The van der Waals surface area contributed by atoms with E-state index in [1.165, 1.54) is 0 Å². The van der Waals surface area contributed by atoms with Gasteiger partial charge in [0, 0.05) is 12.6 Å². The third-order valence-electron chi connectivity index (χ3n) is 3.10. The van der Waals surface area contributed by atoms with Crippen LogP contribution in [0.15, 0.2) is 0 Å². The fourth-order valence-corrected chi connectivity index (χ4v) is 1.73. The lowest BCUT2D eigenvalue weighted by Crippen LogP contribution is -2.57. The molecule has 0 saturated heterocycles. The van der Waals surface area contributed by atoms with E-state index in [4.69, 9.17) is 10.5 Å². The molecular weight excluding hydrogens is 216 g/mol. The summed E-state index contributed by atoms with van der Waals surface area (Å²) in [7, 11) is 0. The molecule has 0 aromatic rings. The number of primary amides is 1. The second kappa shape index (κ2) is 6.36. The third kappa shape index (κ3) is 5.50. The van der Waals surface area contributed by atoms with Crippen molar-refractivity contribution in [1.29, 1.82) is 0 Å². The largest absolute Gasteiger partial charge is 0.379 e. The van der Waals surface area contributed by atoms with E-state index in [9.17, 15) is 4.79 Å². The molecule has 17 heavy (non-hydrogen) atoms. The van der Waals surface area contributed by atoms with Crippen LogP contribution >= 0.6 is 0 Å². The van der Waals surface area contributed by atoms with Crippen LogP contribution in [-0.2, 0) is 9.53 Å². The van der Waals surface area contributed by atoms with Crippen LogP contribution in [0.2, 0.25) is 0 Å². The SMILES string of the molecule is CC(C)CCCOCC(C)(NC1CC1)C(N)=O. The molecule has 0 bridgehead atoms. The number of carbonyl (C=O) groups is 1. The van der Waals surface area contributed by atoms with Gasteiger partial charge in [0.1, 0.15) is 5.54 Å². The van der Waals surface area contributed by atoms with Crippen LogP contribution in [0.25, 0.3) is 0 Å². The first-order chi connectivity index (χ1) is 7.94. The van der Waals surface area contributed by atoms with Crippen LogP contribution in [0.4, 0.5) is 0 Å². The number of hydrogen-bond donors (Lipinski definition) is 2. The number of nitrogens with two attached hydrogens (primary N) is 1. The maximum absolute atomic E-state index is 11.4. The monoisotopic (exact) mass is 242 g/mol. The minimum Gasteiger partial charge on any atom is -0.379 e. The summed E-state index contributed by atoms with van der Waals surface area (Å²) in [6.45, 7) is 7.30. The molecule has 1 amide bonds. The van der Waals surface area contributed by atoms with Crippen molar-refractivity contribution in [3.05, 3.63) is 0 Å². The van der Waals surface area contributed by atoms with Gasteiger partial charge in [0.15, 0.2) is 0 Å². The summed E-state index contributed by atoms with van der Waals surface area (Å²) in [5.74, 6) is 0.374. The molecule has 4 nitrogen and oxygen atoms in total. The van der Waals surface area contributed by atoms with E-state index in [-0.39, 0.29) is 5.91 Å². The number of carbonyl (C=O) groups excluding carboxylic acids is 1. The third-order valence-corrected chi connectivity index (χ3v) is 3.10. The number of hydrogen-bond acceptors (Lipinski definition) is 3. The zero-order valence-electron chi connectivity index (χ0n) is 11.3. The summed E-state index contributed by atoms with van der Waals surface area (Å²) >= 11 is 0. The summed E-state index contributed by atoms with van der Waals surface area (Å²) in [6.07, 6.45) is 4.46. The Bertz CT molecular complexity index is 252. The summed E-state index contributed by atoms with van der Waals surface area (Å²) in [5, 5.41) is 3.27. The maximum atomic E-state index is 11.4. The van der Waals surface area contributed by atoms with Crippen LogP contribution in [0.1, 0.15) is 46.5 Å². The first-order valence-corrected chi connectivity index (χ1v) is 6.59. The zero-order chi connectivity index (χ0) is 12.9. The Morgan fingerprint density at radius 1 is 1.53 bits per heavy atom. The minimum atomic E-state index is -0.709. The molecule has 1 aliphatic carbocycles. The second-order valence-corrected chi connectivity index (χ2v) is 5.70. The smallest absolute Gasteiger partial charge is 0.239 e. The highest BCUT2D eigenvalue weighted by Gasteiger charge is 2.37. The molecule has 3 N–H and O–H groups in total. The summed E-state index contributed by atoms with van der Waals surface area (Å²) in [6, 6.07) is 0.451. The van der Waals surface area contributed by atoms with Gasteiger partial charge < -0.3 is 10.5 Å². The molecule has 0 aromatic carbocycles. The van der Waals surface area contributed by atoms with Crippen molar-refractivity contribution in [3.8, 4) is 0 Å². The average molecular weight is 242 g/mol. The first-order valence-electron chi connectivity index (χ1n) is 6.59. The Hall–Kier alpha value is -0.610. The molecule has 0 heterocycles. The molecule has 0 aliphatic heterocycles. The van der Waals surface area contributed by atoms with Crippen molar-refractivity contribution >= 4 is 5.91 Å². The van der Waals surface area contributed by atoms with Crippen LogP contribution in [0, 0.1) is 5.92 Å². The number of ether oxygens (including phenoxy) is 1. The van der Waals surface area contributed by atoms with E-state index in [0.29, 0.717) is 25.2 Å². The van der Waals surface area contributed by atoms with Crippen molar-refractivity contribution in [1.82, 2.24) is 5.32 Å². The summed E-state index contributed by atoms with van der Waals surface area (Å²) in [5.41, 5.74) is 4.72. The molecule has 1 fully saturated rings. The normalized spacial score (nSPS) is 19.3. The summed E-state index contributed by atoms with van der Waals surface area (Å²) in [4.78, 5) is 11.4. The van der Waals surface area contributed by atoms with Gasteiger partial charge in [-0.25, -0.2) is 0 Å². The molecule has 1 atom stereocenters. The fourth-order valence-electron chi connectivity index (χ4n) is 1.73. The van der Waals surface area contributed by atoms with Crippen LogP contribution < -0.4 is 11.1 Å². The highest BCUT2D eigenvalue weighted by Crippen LogP contribution is 2.22. The number of amides is 1. The van der Waals surface area contributed by atoms with E-state index >= 15 is 0 Å². The molecule has 1 unspecified atom stereocenters. The summed E-state index contributed by atoms with van der Waals surface area (Å²) < 4.78 is 5.58. The first kappa shape index (κ1) is 14.5. The molecule has 100 valence electrons. The van der Waals surface area contributed by atoms with Gasteiger partial charge in [0.2, 0.25) is 5.91 Å². The van der Waals surface area contributed by atoms with Crippen LogP contribution in [0.5, 0.6) is 0 Å². The van der Waals surface area contributed by atoms with Crippen molar-refractivity contribution in [2.24, 2.45) is 11.7 Å². The minimum absolute atomic E-state index is 0.326. The molecule has 0 aromatic heterocycles. The maximum Gasteiger partial charge on any atom is 0.239 e. The Morgan fingerprint density at radius 3 is 2.65 bits per heavy atom. The lowest BCUT2D eigenvalue weighted by atomic mass is 10.0. The predicted molar refractivity (Wildman–Crippen MR) is 68.6 cm³/mol. The van der Waals surface area contributed by atoms with Gasteiger partial charge in [-0.05, 0) is 38.5 Å². The van der Waals surface area contributed by atoms with Gasteiger partial charge in [-0.15, -0.1) is 0 Å².